The molecule has 1 heterocycles. The third kappa shape index (κ3) is 3.99. The van der Waals surface area contributed by atoms with Gasteiger partial charge in [0.15, 0.2) is 0 Å². The van der Waals surface area contributed by atoms with Gasteiger partial charge in [-0.25, -0.2) is 4.79 Å². The minimum absolute atomic E-state index is 0.0657. The summed E-state index contributed by atoms with van der Waals surface area (Å²) in [4.78, 5) is 26.5. The molecule has 0 aliphatic carbocycles. The number of carbonyl (C=O) groups is 2. The van der Waals surface area contributed by atoms with Crippen LogP contribution in [0.15, 0.2) is 42.5 Å². The van der Waals surface area contributed by atoms with E-state index in [1.165, 1.54) is 0 Å². The molecular weight excluding hydrogens is 314 g/mol. The molecule has 0 saturated carbocycles. The van der Waals surface area contributed by atoms with Crippen LogP contribution < -0.4 is 15.5 Å². The summed E-state index contributed by atoms with van der Waals surface area (Å²) >= 11 is 0. The lowest BCUT2D eigenvalue weighted by molar-refractivity contribution is -0.118. The van der Waals surface area contributed by atoms with E-state index in [-0.39, 0.29) is 11.9 Å². The van der Waals surface area contributed by atoms with E-state index in [1.54, 1.807) is 4.90 Å². The number of anilines is 2. The SMILES string of the molecule is Cc1ccc(NC(=O)N[C@@H]2CCN(c3cc(C)cc(C)c3)C2=O)cc1. The van der Waals surface area contributed by atoms with Gasteiger partial charge in [0.2, 0.25) is 5.91 Å². The van der Waals surface area contributed by atoms with E-state index in [0.717, 1.165) is 22.4 Å². The molecule has 3 rings (SSSR count). The average molecular weight is 337 g/mol. The summed E-state index contributed by atoms with van der Waals surface area (Å²) < 4.78 is 0. The molecule has 0 radical (unpaired) electrons. The molecule has 1 aliphatic heterocycles. The van der Waals surface area contributed by atoms with Gasteiger partial charge in [0.1, 0.15) is 6.04 Å². The first kappa shape index (κ1) is 17.0. The molecule has 0 bridgehead atoms. The first-order valence-electron chi connectivity index (χ1n) is 8.46. The van der Waals surface area contributed by atoms with Crippen molar-refractivity contribution in [2.45, 2.75) is 33.2 Å². The fourth-order valence-electron chi connectivity index (χ4n) is 3.14. The first-order chi connectivity index (χ1) is 11.9. The van der Waals surface area contributed by atoms with Crippen LogP contribution in [0.5, 0.6) is 0 Å². The first-order valence-corrected chi connectivity index (χ1v) is 8.46. The highest BCUT2D eigenvalue weighted by atomic mass is 16.2. The van der Waals surface area contributed by atoms with Crippen LogP contribution in [0.3, 0.4) is 0 Å². The predicted octanol–water partition coefficient (Wildman–Crippen LogP) is 3.54. The topological polar surface area (TPSA) is 61.4 Å². The number of urea groups is 1. The van der Waals surface area contributed by atoms with E-state index < -0.39 is 6.04 Å². The Labute approximate surface area is 148 Å². The van der Waals surface area contributed by atoms with E-state index in [0.29, 0.717) is 18.7 Å². The Morgan fingerprint density at radius 3 is 2.28 bits per heavy atom. The van der Waals surface area contributed by atoms with Crippen LogP contribution in [0.4, 0.5) is 16.2 Å². The number of amides is 3. The summed E-state index contributed by atoms with van der Waals surface area (Å²) in [5.74, 6) is -0.0657. The maximum Gasteiger partial charge on any atom is 0.319 e. The second-order valence-corrected chi connectivity index (χ2v) is 6.64. The van der Waals surface area contributed by atoms with Crippen LogP contribution in [0, 0.1) is 20.8 Å². The van der Waals surface area contributed by atoms with Crippen LogP contribution in [0.1, 0.15) is 23.1 Å². The summed E-state index contributed by atoms with van der Waals surface area (Å²) in [5.41, 5.74) is 4.97. The quantitative estimate of drug-likeness (QED) is 0.900. The number of nitrogens with one attached hydrogen (secondary N) is 2. The smallest absolute Gasteiger partial charge is 0.319 e. The lowest BCUT2D eigenvalue weighted by atomic mass is 10.1. The van der Waals surface area contributed by atoms with Gasteiger partial charge >= 0.3 is 6.03 Å². The fraction of sp³-hybridized carbons (Fsp3) is 0.300. The highest BCUT2D eigenvalue weighted by Crippen LogP contribution is 2.24. The minimum Gasteiger partial charge on any atom is -0.326 e. The second-order valence-electron chi connectivity index (χ2n) is 6.64. The molecule has 0 spiro atoms. The van der Waals surface area contributed by atoms with Gasteiger partial charge in [0, 0.05) is 17.9 Å². The molecule has 0 unspecified atom stereocenters. The van der Waals surface area contributed by atoms with Crippen molar-refractivity contribution in [3.63, 3.8) is 0 Å². The summed E-state index contributed by atoms with van der Waals surface area (Å²) in [5, 5.41) is 5.55. The van der Waals surface area contributed by atoms with Crippen molar-refractivity contribution in [2.75, 3.05) is 16.8 Å². The van der Waals surface area contributed by atoms with E-state index in [4.69, 9.17) is 0 Å². The minimum atomic E-state index is -0.494. The highest BCUT2D eigenvalue weighted by Gasteiger charge is 2.33. The third-order valence-electron chi connectivity index (χ3n) is 4.34. The monoisotopic (exact) mass is 337 g/mol. The van der Waals surface area contributed by atoms with Gasteiger partial charge < -0.3 is 15.5 Å². The lowest BCUT2D eigenvalue weighted by Crippen LogP contribution is -2.43. The number of benzene rings is 2. The standard InChI is InChI=1S/C20H23N3O2/c1-13-4-6-16(7-5-13)21-20(25)22-18-8-9-23(19(18)24)17-11-14(2)10-15(3)12-17/h4-7,10-12,18H,8-9H2,1-3H3,(H2,21,22,25)/t18-/m1/s1. The lowest BCUT2D eigenvalue weighted by Gasteiger charge is -2.18. The Hall–Kier alpha value is -2.82. The third-order valence-corrected chi connectivity index (χ3v) is 4.34. The Morgan fingerprint density at radius 1 is 1.00 bits per heavy atom. The Bertz CT molecular complexity index is 779. The van der Waals surface area contributed by atoms with Gasteiger partial charge in [-0.3, -0.25) is 4.79 Å². The van der Waals surface area contributed by atoms with Crippen molar-refractivity contribution in [1.29, 1.82) is 0 Å². The predicted molar refractivity (Wildman–Crippen MR) is 100 cm³/mol. The summed E-state index contributed by atoms with van der Waals surface area (Å²) in [6, 6.07) is 12.8. The molecule has 0 aromatic heterocycles. The molecule has 1 atom stereocenters. The van der Waals surface area contributed by atoms with Gasteiger partial charge in [-0.1, -0.05) is 23.8 Å². The van der Waals surface area contributed by atoms with Crippen LogP contribution >= 0.6 is 0 Å². The van der Waals surface area contributed by atoms with Crippen molar-refractivity contribution in [2.24, 2.45) is 0 Å². The molecule has 130 valence electrons. The van der Waals surface area contributed by atoms with Gasteiger partial charge in [-0.15, -0.1) is 0 Å². The summed E-state index contributed by atoms with van der Waals surface area (Å²) in [6.45, 7) is 6.63. The van der Waals surface area contributed by atoms with Crippen LogP contribution in [-0.2, 0) is 4.79 Å². The molecule has 2 aromatic rings. The molecule has 2 N–H and O–H groups in total. The maximum atomic E-state index is 12.6. The molecule has 1 fully saturated rings. The van der Waals surface area contributed by atoms with Crippen molar-refractivity contribution in [3.05, 3.63) is 59.2 Å². The van der Waals surface area contributed by atoms with Crippen molar-refractivity contribution < 1.29 is 9.59 Å². The molecule has 3 amide bonds. The van der Waals surface area contributed by atoms with Gasteiger partial charge in [-0.05, 0) is 62.6 Å². The summed E-state index contributed by atoms with van der Waals surface area (Å²) in [6.07, 6.45) is 0.604. The zero-order valence-corrected chi connectivity index (χ0v) is 14.8. The Kier molecular flexibility index (Phi) is 4.74. The average Bonchev–Trinajstić information content (AvgIpc) is 2.89. The van der Waals surface area contributed by atoms with E-state index in [1.807, 2.05) is 57.2 Å². The highest BCUT2D eigenvalue weighted by molar-refractivity contribution is 6.02. The van der Waals surface area contributed by atoms with E-state index in [2.05, 4.69) is 16.7 Å². The van der Waals surface area contributed by atoms with Gasteiger partial charge in [0.25, 0.3) is 0 Å². The molecule has 5 heteroatoms. The van der Waals surface area contributed by atoms with Crippen molar-refractivity contribution in [1.82, 2.24) is 5.32 Å². The number of rotatable bonds is 3. The Balaban J connectivity index is 1.63. The van der Waals surface area contributed by atoms with Crippen molar-refractivity contribution in [3.8, 4) is 0 Å². The van der Waals surface area contributed by atoms with Gasteiger partial charge in [-0.2, -0.15) is 0 Å². The zero-order chi connectivity index (χ0) is 18.0. The Morgan fingerprint density at radius 2 is 1.64 bits per heavy atom. The molecule has 2 aromatic carbocycles. The fourth-order valence-corrected chi connectivity index (χ4v) is 3.14. The number of carbonyl (C=O) groups excluding carboxylic acids is 2. The van der Waals surface area contributed by atoms with Crippen molar-refractivity contribution >= 4 is 23.3 Å². The van der Waals surface area contributed by atoms with Crippen LogP contribution in [-0.4, -0.2) is 24.5 Å². The van der Waals surface area contributed by atoms with E-state index in [9.17, 15) is 9.59 Å². The van der Waals surface area contributed by atoms with E-state index >= 15 is 0 Å². The second kappa shape index (κ2) is 6.97. The molecule has 1 aliphatic rings. The number of hydrogen-bond acceptors (Lipinski definition) is 2. The molecule has 1 saturated heterocycles. The molecule has 25 heavy (non-hydrogen) atoms. The maximum absolute atomic E-state index is 12.6. The number of hydrogen-bond donors (Lipinski definition) is 2. The normalized spacial score (nSPS) is 16.8. The molecular formula is C20H23N3O2. The molecule has 5 nitrogen and oxygen atoms in total. The number of nitrogens with zero attached hydrogens (tertiary/aromatic N) is 1. The summed E-state index contributed by atoms with van der Waals surface area (Å²) in [7, 11) is 0. The zero-order valence-electron chi connectivity index (χ0n) is 14.8. The van der Waals surface area contributed by atoms with Gasteiger partial charge in [0.05, 0.1) is 0 Å². The van der Waals surface area contributed by atoms with Crippen LogP contribution in [0.25, 0.3) is 0 Å². The number of aryl methyl sites for hydroxylation is 3. The largest absolute Gasteiger partial charge is 0.326 e. The van der Waals surface area contributed by atoms with Crippen LogP contribution in [0.2, 0.25) is 0 Å².